The van der Waals surface area contributed by atoms with Gasteiger partial charge in [0.2, 0.25) is 0 Å². The molecule has 0 atom stereocenters. The molecule has 1 aliphatic heterocycles. The van der Waals surface area contributed by atoms with Gasteiger partial charge in [0, 0.05) is 0 Å². The lowest BCUT2D eigenvalue weighted by Gasteiger charge is -2.27. The molecular weight excluding hydrogens is 388 g/mol. The second-order valence-electron chi connectivity index (χ2n) is 5.46. The van der Waals surface area contributed by atoms with E-state index in [1.54, 1.807) is 43.3 Å². The Morgan fingerprint density at radius 3 is 2.52 bits per heavy atom. The fourth-order valence-corrected chi connectivity index (χ4v) is 2.87. The first-order valence-electron chi connectivity index (χ1n) is 7.34. The summed E-state index contributed by atoms with van der Waals surface area (Å²) in [4.78, 5) is 38.0. The minimum atomic E-state index is -0.784. The average Bonchev–Trinajstić information content (AvgIpc) is 2.56. The molecule has 2 aromatic carbocycles. The first kappa shape index (κ1) is 16.9. The number of amides is 4. The lowest BCUT2D eigenvalue weighted by Crippen LogP contribution is -2.54. The Balaban J connectivity index is 2.05. The molecule has 0 radical (unpaired) electrons. The van der Waals surface area contributed by atoms with Crippen molar-refractivity contribution in [1.29, 1.82) is 0 Å². The number of halogens is 1. The highest BCUT2D eigenvalue weighted by Crippen LogP contribution is 2.27. The van der Waals surface area contributed by atoms with Crippen LogP contribution in [0.3, 0.4) is 0 Å². The van der Waals surface area contributed by atoms with Gasteiger partial charge in [0.15, 0.2) is 0 Å². The van der Waals surface area contributed by atoms with E-state index in [1.807, 2.05) is 0 Å². The van der Waals surface area contributed by atoms with Crippen molar-refractivity contribution in [1.82, 2.24) is 5.32 Å². The van der Waals surface area contributed by atoms with E-state index in [1.165, 1.54) is 12.1 Å². The van der Waals surface area contributed by atoms with E-state index in [9.17, 15) is 19.5 Å². The van der Waals surface area contributed by atoms with Crippen LogP contribution in [0.5, 0.6) is 5.75 Å². The number of phenolic OH excluding ortho intramolecular Hbond substituents is 1. The molecule has 1 fully saturated rings. The van der Waals surface area contributed by atoms with Crippen LogP contribution in [0.4, 0.5) is 10.5 Å². The number of imide groups is 2. The van der Waals surface area contributed by atoms with Gasteiger partial charge in [0.1, 0.15) is 11.3 Å². The minimum Gasteiger partial charge on any atom is -0.507 e. The van der Waals surface area contributed by atoms with E-state index in [0.29, 0.717) is 15.7 Å². The largest absolute Gasteiger partial charge is 0.507 e. The predicted molar refractivity (Wildman–Crippen MR) is 96.0 cm³/mol. The smallest absolute Gasteiger partial charge is 0.335 e. The van der Waals surface area contributed by atoms with Crippen molar-refractivity contribution < 1.29 is 19.5 Å². The normalized spacial score (nSPS) is 16.3. The molecular formula is C18H13BrN2O4. The number of anilines is 1. The van der Waals surface area contributed by atoms with E-state index in [0.717, 1.165) is 10.5 Å². The molecule has 7 heteroatoms. The van der Waals surface area contributed by atoms with Crippen molar-refractivity contribution >= 4 is 45.5 Å². The van der Waals surface area contributed by atoms with Gasteiger partial charge in [-0.15, -0.1) is 0 Å². The summed E-state index contributed by atoms with van der Waals surface area (Å²) < 4.78 is 0.428. The minimum absolute atomic E-state index is 0.0401. The van der Waals surface area contributed by atoms with Gasteiger partial charge in [-0.3, -0.25) is 14.9 Å². The van der Waals surface area contributed by atoms with Crippen molar-refractivity contribution in [2.75, 3.05) is 4.90 Å². The number of carbonyl (C=O) groups excluding carboxylic acids is 3. The number of urea groups is 1. The van der Waals surface area contributed by atoms with E-state index in [-0.39, 0.29) is 11.3 Å². The number of barbiturate groups is 1. The van der Waals surface area contributed by atoms with E-state index < -0.39 is 17.8 Å². The van der Waals surface area contributed by atoms with Crippen LogP contribution in [0.1, 0.15) is 11.1 Å². The molecule has 3 rings (SSSR count). The maximum absolute atomic E-state index is 12.8. The number of rotatable bonds is 2. The van der Waals surface area contributed by atoms with Gasteiger partial charge in [0.25, 0.3) is 11.8 Å². The van der Waals surface area contributed by atoms with Crippen LogP contribution in [0.25, 0.3) is 6.08 Å². The van der Waals surface area contributed by atoms with Crippen LogP contribution in [-0.2, 0) is 9.59 Å². The standard InChI is InChI=1S/C18H13BrN2O4/c1-10-4-2-3-5-14(10)21-17(24)12(16(23)20-18(21)25)8-11-6-7-15(22)13(19)9-11/h2-9,22H,1H3,(H,20,23,25)/b12-8+. The zero-order valence-corrected chi connectivity index (χ0v) is 14.7. The van der Waals surface area contributed by atoms with Gasteiger partial charge in [-0.25, -0.2) is 9.69 Å². The zero-order valence-electron chi connectivity index (χ0n) is 13.1. The van der Waals surface area contributed by atoms with Gasteiger partial charge >= 0.3 is 6.03 Å². The van der Waals surface area contributed by atoms with Crippen molar-refractivity contribution in [2.45, 2.75) is 6.92 Å². The maximum Gasteiger partial charge on any atom is 0.335 e. The summed E-state index contributed by atoms with van der Waals surface area (Å²) in [6, 6.07) is 10.7. The predicted octanol–water partition coefficient (Wildman–Crippen LogP) is 3.13. The molecule has 6 nitrogen and oxygen atoms in total. The Bertz CT molecular complexity index is 936. The number of nitrogens with one attached hydrogen (secondary N) is 1. The topological polar surface area (TPSA) is 86.7 Å². The lowest BCUT2D eigenvalue weighted by atomic mass is 10.1. The molecule has 2 N–H and O–H groups in total. The molecule has 0 aliphatic carbocycles. The molecule has 0 bridgehead atoms. The maximum atomic E-state index is 12.8. The summed E-state index contributed by atoms with van der Waals surface area (Å²) in [7, 11) is 0. The fourth-order valence-electron chi connectivity index (χ4n) is 2.47. The summed E-state index contributed by atoms with van der Waals surface area (Å²) in [6.07, 6.45) is 1.37. The summed E-state index contributed by atoms with van der Waals surface area (Å²) >= 11 is 3.18. The van der Waals surface area contributed by atoms with Crippen LogP contribution >= 0.6 is 15.9 Å². The van der Waals surface area contributed by atoms with Crippen LogP contribution < -0.4 is 10.2 Å². The Labute approximate surface area is 151 Å². The van der Waals surface area contributed by atoms with Crippen LogP contribution in [0.15, 0.2) is 52.5 Å². The third kappa shape index (κ3) is 3.18. The first-order valence-corrected chi connectivity index (χ1v) is 8.13. The molecule has 2 aromatic rings. The monoisotopic (exact) mass is 400 g/mol. The number of phenols is 1. The number of carbonyl (C=O) groups is 3. The van der Waals surface area contributed by atoms with Gasteiger partial charge in [-0.1, -0.05) is 24.3 Å². The Hall–Kier alpha value is -2.93. The summed E-state index contributed by atoms with van der Waals surface area (Å²) in [5.41, 5.74) is 1.50. The molecule has 0 spiro atoms. The van der Waals surface area contributed by atoms with E-state index in [4.69, 9.17) is 0 Å². The van der Waals surface area contributed by atoms with E-state index in [2.05, 4.69) is 21.2 Å². The quantitative estimate of drug-likeness (QED) is 0.598. The molecule has 1 aliphatic rings. The van der Waals surface area contributed by atoms with Crippen molar-refractivity contribution in [2.24, 2.45) is 0 Å². The third-order valence-corrected chi connectivity index (χ3v) is 4.38. The van der Waals surface area contributed by atoms with Crippen molar-refractivity contribution in [3.05, 3.63) is 63.6 Å². The number of aromatic hydroxyl groups is 1. The highest BCUT2D eigenvalue weighted by atomic mass is 79.9. The first-order chi connectivity index (χ1) is 11.9. The molecule has 0 saturated carbocycles. The molecule has 0 aromatic heterocycles. The SMILES string of the molecule is Cc1ccccc1N1C(=O)NC(=O)/C(=C\c2ccc(O)c(Br)c2)C1=O. The number of hydrogen-bond donors (Lipinski definition) is 2. The third-order valence-electron chi connectivity index (χ3n) is 3.74. The molecule has 126 valence electrons. The second kappa shape index (κ2) is 6.52. The lowest BCUT2D eigenvalue weighted by molar-refractivity contribution is -0.122. The molecule has 25 heavy (non-hydrogen) atoms. The number of aryl methyl sites for hydroxylation is 1. The summed E-state index contributed by atoms with van der Waals surface area (Å²) in [5.74, 6) is -1.42. The van der Waals surface area contributed by atoms with Gasteiger partial charge < -0.3 is 5.11 Å². The van der Waals surface area contributed by atoms with Crippen LogP contribution in [0, 0.1) is 6.92 Å². The van der Waals surface area contributed by atoms with Crippen molar-refractivity contribution in [3.8, 4) is 5.75 Å². The second-order valence-corrected chi connectivity index (χ2v) is 6.31. The summed E-state index contributed by atoms with van der Waals surface area (Å²) in [6.45, 7) is 1.77. The molecule has 0 unspecified atom stereocenters. The van der Waals surface area contributed by atoms with Crippen LogP contribution in [-0.4, -0.2) is 23.0 Å². The fraction of sp³-hybridized carbons (Fsp3) is 0.0556. The van der Waals surface area contributed by atoms with Gasteiger partial charge in [0.05, 0.1) is 10.2 Å². The average molecular weight is 401 g/mol. The zero-order chi connectivity index (χ0) is 18.1. The Morgan fingerprint density at radius 2 is 1.84 bits per heavy atom. The van der Waals surface area contributed by atoms with Gasteiger partial charge in [-0.2, -0.15) is 0 Å². The molecule has 4 amide bonds. The highest BCUT2D eigenvalue weighted by Gasteiger charge is 2.37. The number of nitrogens with zero attached hydrogens (tertiary/aromatic N) is 1. The highest BCUT2D eigenvalue weighted by molar-refractivity contribution is 9.10. The Morgan fingerprint density at radius 1 is 1.12 bits per heavy atom. The number of benzene rings is 2. The summed E-state index contributed by atoms with van der Waals surface area (Å²) in [5, 5.41) is 11.7. The van der Waals surface area contributed by atoms with E-state index >= 15 is 0 Å². The molecule has 1 saturated heterocycles. The Kier molecular flexibility index (Phi) is 4.41. The molecule has 1 heterocycles. The van der Waals surface area contributed by atoms with Crippen LogP contribution in [0.2, 0.25) is 0 Å². The number of hydrogen-bond acceptors (Lipinski definition) is 4. The van der Waals surface area contributed by atoms with Gasteiger partial charge in [-0.05, 0) is 58.3 Å². The number of para-hydroxylation sites is 1. The van der Waals surface area contributed by atoms with Crippen molar-refractivity contribution in [3.63, 3.8) is 0 Å².